The van der Waals surface area contributed by atoms with Gasteiger partial charge in [-0.05, 0) is 54.1 Å². The van der Waals surface area contributed by atoms with Crippen LogP contribution >= 0.6 is 11.3 Å². The van der Waals surface area contributed by atoms with Gasteiger partial charge in [0, 0.05) is 11.3 Å². The smallest absolute Gasteiger partial charge is 0.181 e. The van der Waals surface area contributed by atoms with Gasteiger partial charge >= 0.3 is 0 Å². The molecular formula is C21H17N3OS. The maximum absolute atomic E-state index is 5.97. The normalized spacial score (nSPS) is 10.6. The SMILES string of the molecule is Nc1ccc(-c2sc(N)nc2-c2ccc(Oc3ccccc3)cc2)cc1. The summed E-state index contributed by atoms with van der Waals surface area (Å²) in [5, 5.41) is 0.538. The first-order valence-corrected chi connectivity index (χ1v) is 8.96. The van der Waals surface area contributed by atoms with Crippen molar-refractivity contribution in [2.45, 2.75) is 0 Å². The van der Waals surface area contributed by atoms with Gasteiger partial charge in [-0.1, -0.05) is 41.7 Å². The van der Waals surface area contributed by atoms with Gasteiger partial charge in [0.2, 0.25) is 0 Å². The Bertz CT molecular complexity index is 1010. The number of hydrogen-bond donors (Lipinski definition) is 2. The maximum atomic E-state index is 5.97. The molecular weight excluding hydrogens is 342 g/mol. The summed E-state index contributed by atoms with van der Waals surface area (Å²) >= 11 is 1.47. The van der Waals surface area contributed by atoms with Gasteiger partial charge in [-0.2, -0.15) is 0 Å². The van der Waals surface area contributed by atoms with Gasteiger partial charge in [0.15, 0.2) is 5.13 Å². The molecule has 26 heavy (non-hydrogen) atoms. The number of hydrogen-bond acceptors (Lipinski definition) is 5. The third kappa shape index (κ3) is 3.38. The molecule has 0 aliphatic carbocycles. The molecule has 3 aromatic carbocycles. The molecule has 0 unspecified atom stereocenters. The van der Waals surface area contributed by atoms with Crippen LogP contribution in [0, 0.1) is 0 Å². The number of nitrogens with zero attached hydrogens (tertiary/aromatic N) is 1. The van der Waals surface area contributed by atoms with E-state index in [1.54, 1.807) is 0 Å². The molecule has 4 rings (SSSR count). The summed E-state index contributed by atoms with van der Waals surface area (Å²) in [6, 6.07) is 25.3. The number of aromatic nitrogens is 1. The van der Waals surface area contributed by atoms with Gasteiger partial charge in [-0.15, -0.1) is 0 Å². The molecule has 1 aromatic heterocycles. The molecule has 0 bridgehead atoms. The molecule has 0 saturated heterocycles. The summed E-state index contributed by atoms with van der Waals surface area (Å²) in [6.45, 7) is 0. The first-order chi connectivity index (χ1) is 12.7. The molecule has 0 aliphatic heterocycles. The van der Waals surface area contributed by atoms with Crippen LogP contribution in [0.1, 0.15) is 0 Å². The number of ether oxygens (including phenoxy) is 1. The first-order valence-electron chi connectivity index (χ1n) is 8.14. The standard InChI is InChI=1S/C21H17N3OS/c22-16-10-6-15(7-11-16)20-19(24-21(23)26-20)14-8-12-18(13-9-14)25-17-4-2-1-3-5-17/h1-13H,22H2,(H2,23,24). The Morgan fingerprint density at radius 3 is 2.00 bits per heavy atom. The Labute approximate surface area is 155 Å². The van der Waals surface area contributed by atoms with Crippen molar-refractivity contribution in [3.05, 3.63) is 78.9 Å². The van der Waals surface area contributed by atoms with Crippen LogP contribution in [0.15, 0.2) is 78.9 Å². The average molecular weight is 359 g/mol. The van der Waals surface area contributed by atoms with E-state index in [9.17, 15) is 0 Å². The molecule has 5 heteroatoms. The third-order valence-electron chi connectivity index (χ3n) is 3.92. The zero-order chi connectivity index (χ0) is 17.9. The fourth-order valence-corrected chi connectivity index (χ4v) is 3.53. The quantitative estimate of drug-likeness (QED) is 0.476. The van der Waals surface area contributed by atoms with Crippen LogP contribution in [-0.2, 0) is 0 Å². The monoisotopic (exact) mass is 359 g/mol. The topological polar surface area (TPSA) is 74.2 Å². The first kappa shape index (κ1) is 16.2. The largest absolute Gasteiger partial charge is 0.457 e. The summed E-state index contributed by atoms with van der Waals surface area (Å²) in [7, 11) is 0. The second kappa shape index (κ2) is 6.90. The van der Waals surface area contributed by atoms with Crippen LogP contribution in [0.4, 0.5) is 10.8 Å². The molecule has 4 N–H and O–H groups in total. The molecule has 0 fully saturated rings. The number of benzene rings is 3. The van der Waals surface area contributed by atoms with Crippen LogP contribution in [0.3, 0.4) is 0 Å². The van der Waals surface area contributed by atoms with E-state index in [-0.39, 0.29) is 0 Å². The fraction of sp³-hybridized carbons (Fsp3) is 0. The molecule has 0 spiro atoms. The lowest BCUT2D eigenvalue weighted by atomic mass is 10.1. The molecule has 0 radical (unpaired) electrons. The van der Waals surface area contributed by atoms with Gasteiger partial charge < -0.3 is 16.2 Å². The Hall–Kier alpha value is -3.31. The van der Waals surface area contributed by atoms with Crippen molar-refractivity contribution >= 4 is 22.2 Å². The molecule has 4 aromatic rings. The Kier molecular flexibility index (Phi) is 4.29. The highest BCUT2D eigenvalue weighted by Crippen LogP contribution is 2.38. The van der Waals surface area contributed by atoms with Gasteiger partial charge in [-0.25, -0.2) is 4.98 Å². The van der Waals surface area contributed by atoms with Crippen molar-refractivity contribution in [2.24, 2.45) is 0 Å². The molecule has 1 heterocycles. The van der Waals surface area contributed by atoms with Crippen molar-refractivity contribution < 1.29 is 4.74 Å². The van der Waals surface area contributed by atoms with Gasteiger partial charge in [0.05, 0.1) is 10.6 Å². The average Bonchev–Trinajstić information content (AvgIpc) is 3.05. The Morgan fingerprint density at radius 1 is 0.692 bits per heavy atom. The van der Waals surface area contributed by atoms with E-state index in [1.165, 1.54) is 11.3 Å². The van der Waals surface area contributed by atoms with Crippen molar-refractivity contribution in [3.63, 3.8) is 0 Å². The number of rotatable bonds is 4. The van der Waals surface area contributed by atoms with Gasteiger partial charge in [-0.3, -0.25) is 0 Å². The number of nitrogens with two attached hydrogens (primary N) is 2. The summed E-state index contributed by atoms with van der Waals surface area (Å²) < 4.78 is 5.85. The predicted molar refractivity (Wildman–Crippen MR) is 108 cm³/mol. The van der Waals surface area contributed by atoms with Gasteiger partial charge in [0.25, 0.3) is 0 Å². The van der Waals surface area contributed by atoms with Crippen molar-refractivity contribution in [1.29, 1.82) is 0 Å². The predicted octanol–water partition coefficient (Wildman–Crippen LogP) is 5.43. The number of nitrogen functional groups attached to an aromatic ring is 2. The van der Waals surface area contributed by atoms with Crippen LogP contribution in [-0.4, -0.2) is 4.98 Å². The highest BCUT2D eigenvalue weighted by molar-refractivity contribution is 7.19. The zero-order valence-electron chi connectivity index (χ0n) is 13.9. The van der Waals surface area contributed by atoms with E-state index in [2.05, 4.69) is 4.98 Å². The summed E-state index contributed by atoms with van der Waals surface area (Å²) in [5.41, 5.74) is 15.4. The van der Waals surface area contributed by atoms with Crippen molar-refractivity contribution in [3.8, 4) is 33.2 Å². The minimum atomic E-state index is 0.538. The molecule has 0 amide bonds. The lowest BCUT2D eigenvalue weighted by molar-refractivity contribution is 0.483. The second-order valence-corrected chi connectivity index (χ2v) is 6.82. The molecule has 4 nitrogen and oxygen atoms in total. The molecule has 0 saturated carbocycles. The fourth-order valence-electron chi connectivity index (χ4n) is 2.67. The number of thiazole rings is 1. The van der Waals surface area contributed by atoms with Crippen LogP contribution in [0.25, 0.3) is 21.7 Å². The van der Waals surface area contributed by atoms with E-state index >= 15 is 0 Å². The van der Waals surface area contributed by atoms with E-state index in [0.29, 0.717) is 5.13 Å². The highest BCUT2D eigenvalue weighted by Gasteiger charge is 2.14. The van der Waals surface area contributed by atoms with Gasteiger partial charge in [0.1, 0.15) is 11.5 Å². The van der Waals surface area contributed by atoms with Crippen molar-refractivity contribution in [1.82, 2.24) is 4.98 Å². The lowest BCUT2D eigenvalue weighted by Gasteiger charge is -2.07. The van der Waals surface area contributed by atoms with E-state index in [0.717, 1.165) is 38.9 Å². The number of para-hydroxylation sites is 1. The maximum Gasteiger partial charge on any atom is 0.181 e. The third-order valence-corrected chi connectivity index (χ3v) is 4.86. The van der Waals surface area contributed by atoms with Crippen LogP contribution in [0.2, 0.25) is 0 Å². The minimum Gasteiger partial charge on any atom is -0.457 e. The highest BCUT2D eigenvalue weighted by atomic mass is 32.1. The summed E-state index contributed by atoms with van der Waals surface area (Å²) in [5.74, 6) is 1.58. The number of anilines is 2. The second-order valence-electron chi connectivity index (χ2n) is 5.79. The van der Waals surface area contributed by atoms with E-state index in [4.69, 9.17) is 16.2 Å². The summed E-state index contributed by atoms with van der Waals surface area (Å²) in [6.07, 6.45) is 0. The molecule has 0 atom stereocenters. The van der Waals surface area contributed by atoms with E-state index in [1.807, 2.05) is 78.9 Å². The zero-order valence-corrected chi connectivity index (χ0v) is 14.7. The van der Waals surface area contributed by atoms with E-state index < -0.39 is 0 Å². The van der Waals surface area contributed by atoms with Crippen molar-refractivity contribution in [2.75, 3.05) is 11.5 Å². The van der Waals surface area contributed by atoms with Crippen LogP contribution in [0.5, 0.6) is 11.5 Å². The molecule has 128 valence electrons. The van der Waals surface area contributed by atoms with Crippen LogP contribution < -0.4 is 16.2 Å². The Balaban J connectivity index is 1.65. The molecule has 0 aliphatic rings. The summed E-state index contributed by atoms with van der Waals surface area (Å²) in [4.78, 5) is 5.54. The minimum absolute atomic E-state index is 0.538. The lowest BCUT2D eigenvalue weighted by Crippen LogP contribution is -1.87. The Morgan fingerprint density at radius 2 is 1.31 bits per heavy atom.